The molecule has 16 aromatic rings. The molecule has 0 aliphatic rings. The quantitative estimate of drug-likeness (QED) is 0.145. The van der Waals surface area contributed by atoms with Crippen LogP contribution in [0.15, 0.2) is 255 Å². The summed E-state index contributed by atoms with van der Waals surface area (Å²) < 4.78 is 7.21. The highest BCUT2D eigenvalue weighted by Gasteiger charge is 2.25. The summed E-state index contributed by atoms with van der Waals surface area (Å²) in [5.41, 5.74) is 27.7. The summed E-state index contributed by atoms with van der Waals surface area (Å²) in [6.07, 6.45) is 0. The molecule has 0 aliphatic heterocycles. The van der Waals surface area contributed by atoms with Crippen LogP contribution in [0.3, 0.4) is 0 Å². The Morgan fingerprint density at radius 1 is 0.222 bits per heavy atom. The molecule has 99 heavy (non-hydrogen) atoms. The molecule has 0 aliphatic carbocycles. The zero-order valence-electron chi connectivity index (χ0n) is 59.4. The lowest BCUT2D eigenvalue weighted by molar-refractivity contribution is 0.590. The van der Waals surface area contributed by atoms with Gasteiger partial charge in [0.25, 0.3) is 0 Å². The second-order valence-corrected chi connectivity index (χ2v) is 31.7. The molecule has 6 heteroatoms. The smallest absolute Gasteiger partial charge is 0.238 e. The molecule has 6 nitrogen and oxygen atoms in total. The molecule has 0 atom stereocenters. The van der Waals surface area contributed by atoms with Crippen LogP contribution in [-0.2, 0) is 21.7 Å². The molecule has 486 valence electrons. The predicted octanol–water partition coefficient (Wildman–Crippen LogP) is 25.0. The van der Waals surface area contributed by atoms with E-state index in [-0.39, 0.29) is 21.7 Å². The van der Waals surface area contributed by atoms with Crippen molar-refractivity contribution in [2.24, 2.45) is 0 Å². The minimum atomic E-state index is 0.0482. The summed E-state index contributed by atoms with van der Waals surface area (Å²) in [5, 5.41) is 6.92. The van der Waals surface area contributed by atoms with E-state index >= 15 is 0 Å². The minimum absolute atomic E-state index is 0.0482. The standard InChI is InChI=1S/C93H84N6/c1-57-17-15-19-67(49-57)87-94-88(68-20-16-18-58(2)50-68)96-89(95-87)99-85-47-41-73(97-81-43-29-63(59-21-33-69(34-22-59)90(3,4)5)51-75(81)76-52-64(30-44-82(76)97)60-23-35-70(36-24-60)91(6,7)8)55-79(85)80-56-74(42-48-86(80)99)98-83-45-31-65(61-25-37-71(38-26-61)92(9,10)11)53-77(83)78-54-66(32-46-84(78)98)62-27-39-72(40-28-62)93(12,13)14/h15-56H,1-14H3. The number of hydrogen-bond acceptors (Lipinski definition) is 3. The van der Waals surface area contributed by atoms with Crippen LogP contribution < -0.4 is 0 Å². The maximum absolute atomic E-state index is 5.47. The Morgan fingerprint density at radius 2 is 0.475 bits per heavy atom. The Balaban J connectivity index is 0.943. The molecule has 0 saturated carbocycles. The molecule has 0 bridgehead atoms. The van der Waals surface area contributed by atoms with Crippen molar-refractivity contribution >= 4 is 65.4 Å². The first-order valence-electron chi connectivity index (χ1n) is 35.0. The zero-order chi connectivity index (χ0) is 68.6. The van der Waals surface area contributed by atoms with Gasteiger partial charge in [0.05, 0.1) is 33.1 Å². The number of fused-ring (bicyclic) bond motifs is 9. The zero-order valence-corrected chi connectivity index (χ0v) is 59.4. The van der Waals surface area contributed by atoms with E-state index in [9.17, 15) is 0 Å². The molecule has 0 amide bonds. The lowest BCUT2D eigenvalue weighted by Crippen LogP contribution is -2.10. The number of benzene rings is 12. The Bertz CT molecular complexity index is 5280. The van der Waals surface area contributed by atoms with Gasteiger partial charge in [-0.05, 0) is 199 Å². The van der Waals surface area contributed by atoms with E-state index in [1.165, 1.54) is 88.3 Å². The first-order valence-corrected chi connectivity index (χ1v) is 35.0. The van der Waals surface area contributed by atoms with Gasteiger partial charge >= 0.3 is 0 Å². The Morgan fingerprint density at radius 3 is 0.747 bits per heavy atom. The highest BCUT2D eigenvalue weighted by Crippen LogP contribution is 2.44. The van der Waals surface area contributed by atoms with E-state index in [1.54, 1.807) is 0 Å². The molecular weight excluding hydrogens is 1200 g/mol. The second-order valence-electron chi connectivity index (χ2n) is 31.7. The normalized spacial score (nSPS) is 12.5. The van der Waals surface area contributed by atoms with Crippen LogP contribution in [0, 0.1) is 13.8 Å². The highest BCUT2D eigenvalue weighted by molar-refractivity contribution is 6.15. The topological polar surface area (TPSA) is 53.5 Å². The summed E-state index contributed by atoms with van der Waals surface area (Å²) in [5.74, 6) is 1.77. The molecule has 16 rings (SSSR count). The van der Waals surface area contributed by atoms with E-state index in [0.717, 1.165) is 77.5 Å². The summed E-state index contributed by atoms with van der Waals surface area (Å²) in [7, 11) is 0. The largest absolute Gasteiger partial charge is 0.309 e. The van der Waals surface area contributed by atoms with E-state index in [1.807, 2.05) is 0 Å². The number of aryl methyl sites for hydroxylation is 2. The van der Waals surface area contributed by atoms with Crippen molar-refractivity contribution in [3.63, 3.8) is 0 Å². The van der Waals surface area contributed by atoms with E-state index in [0.29, 0.717) is 17.6 Å². The molecule has 4 heterocycles. The van der Waals surface area contributed by atoms with Gasteiger partial charge < -0.3 is 9.13 Å². The van der Waals surface area contributed by atoms with Gasteiger partial charge in [-0.1, -0.05) is 252 Å². The molecule has 0 spiro atoms. The maximum Gasteiger partial charge on any atom is 0.238 e. The molecule has 0 unspecified atom stereocenters. The fourth-order valence-electron chi connectivity index (χ4n) is 14.8. The fraction of sp³-hybridized carbons (Fsp3) is 0.194. The van der Waals surface area contributed by atoms with E-state index < -0.39 is 0 Å². The Kier molecular flexibility index (Phi) is 14.8. The third kappa shape index (κ3) is 11.4. The fourth-order valence-corrected chi connectivity index (χ4v) is 14.8. The Labute approximate surface area is 582 Å². The molecule has 0 radical (unpaired) electrons. The van der Waals surface area contributed by atoms with Crippen molar-refractivity contribution in [2.45, 2.75) is 119 Å². The molecule has 0 saturated heterocycles. The van der Waals surface area contributed by atoms with Crippen LogP contribution in [0.2, 0.25) is 0 Å². The van der Waals surface area contributed by atoms with E-state index in [4.69, 9.17) is 15.0 Å². The Hall–Kier alpha value is -11.0. The second kappa shape index (κ2) is 23.4. The first-order chi connectivity index (χ1) is 47.4. The van der Waals surface area contributed by atoms with Crippen molar-refractivity contribution in [3.05, 3.63) is 288 Å². The van der Waals surface area contributed by atoms with Crippen LogP contribution in [0.4, 0.5) is 0 Å². The van der Waals surface area contributed by atoms with Gasteiger partial charge in [0.2, 0.25) is 5.95 Å². The van der Waals surface area contributed by atoms with Crippen LogP contribution in [-0.4, -0.2) is 28.7 Å². The maximum atomic E-state index is 5.47. The average Bonchev–Trinajstić information content (AvgIpc) is 1.56. The van der Waals surface area contributed by atoms with Crippen molar-refractivity contribution in [3.8, 4) is 84.6 Å². The number of aromatic nitrogens is 6. The summed E-state index contributed by atoms with van der Waals surface area (Å²) >= 11 is 0. The van der Waals surface area contributed by atoms with Gasteiger partial charge in [0.15, 0.2) is 11.6 Å². The van der Waals surface area contributed by atoms with Crippen molar-refractivity contribution in [2.75, 3.05) is 0 Å². The third-order valence-corrected chi connectivity index (χ3v) is 20.5. The number of hydrogen-bond donors (Lipinski definition) is 0. The predicted molar refractivity (Wildman–Crippen MR) is 420 cm³/mol. The third-order valence-electron chi connectivity index (χ3n) is 20.5. The van der Waals surface area contributed by atoms with Crippen LogP contribution in [0.1, 0.15) is 116 Å². The SMILES string of the molecule is Cc1cccc(-c2nc(-c3cccc(C)c3)nc(-n3c4ccc(-n5c6ccc(-c7ccc(C(C)(C)C)cc7)cc6c6cc(-c7ccc(C(C)(C)C)cc7)ccc65)cc4c4cc(-n5c6ccc(-c7ccc(C(C)(C)C)cc7)cc6c6cc(-c7ccc(C(C)(C)C)cc7)ccc65)ccc43)n2)c1. The average molecular weight is 1290 g/mol. The van der Waals surface area contributed by atoms with Crippen LogP contribution >= 0.6 is 0 Å². The molecule has 12 aromatic carbocycles. The number of rotatable bonds is 9. The molecule has 0 N–H and O–H groups in total. The van der Waals surface area contributed by atoms with E-state index in [2.05, 4.69) is 365 Å². The molecular formula is C93H84N6. The summed E-state index contributed by atoms with van der Waals surface area (Å²) in [4.78, 5) is 16.2. The van der Waals surface area contributed by atoms with Gasteiger partial charge in [-0.15, -0.1) is 0 Å². The van der Waals surface area contributed by atoms with Gasteiger partial charge in [-0.25, -0.2) is 4.98 Å². The first kappa shape index (κ1) is 62.8. The summed E-state index contributed by atoms with van der Waals surface area (Å²) in [6, 6.07) is 95.6. The lowest BCUT2D eigenvalue weighted by Gasteiger charge is -2.19. The van der Waals surface area contributed by atoms with Crippen LogP contribution in [0.25, 0.3) is 150 Å². The van der Waals surface area contributed by atoms with Crippen molar-refractivity contribution < 1.29 is 0 Å². The highest BCUT2D eigenvalue weighted by atomic mass is 15.2. The summed E-state index contributed by atoms with van der Waals surface area (Å²) in [6.45, 7) is 31.6. The van der Waals surface area contributed by atoms with Crippen molar-refractivity contribution in [1.82, 2.24) is 28.7 Å². The monoisotopic (exact) mass is 1280 g/mol. The van der Waals surface area contributed by atoms with Crippen LogP contribution in [0.5, 0.6) is 0 Å². The van der Waals surface area contributed by atoms with Gasteiger partial charge in [-0.2, -0.15) is 9.97 Å². The lowest BCUT2D eigenvalue weighted by atomic mass is 9.86. The molecule has 4 aromatic heterocycles. The van der Waals surface area contributed by atoms with Gasteiger partial charge in [0.1, 0.15) is 0 Å². The number of nitrogens with zero attached hydrogens (tertiary/aromatic N) is 6. The van der Waals surface area contributed by atoms with Gasteiger partial charge in [-0.3, -0.25) is 4.57 Å². The van der Waals surface area contributed by atoms with Crippen molar-refractivity contribution in [1.29, 1.82) is 0 Å². The van der Waals surface area contributed by atoms with Gasteiger partial charge in [0, 0.05) is 54.8 Å². The molecule has 0 fully saturated rings. The minimum Gasteiger partial charge on any atom is -0.309 e.